The van der Waals surface area contributed by atoms with Gasteiger partial charge in [-0.2, -0.15) is 0 Å². The molecule has 0 aliphatic carbocycles. The minimum Gasteiger partial charge on any atom is -0.506 e. The van der Waals surface area contributed by atoms with Gasteiger partial charge in [0.1, 0.15) is 23.0 Å². The second-order valence-electron chi connectivity index (χ2n) is 14.8. The number of aryl methyl sites for hydroxylation is 1. The molecule has 314 valence electrons. The van der Waals surface area contributed by atoms with Crippen LogP contribution in [0.15, 0.2) is 82.4 Å². The van der Waals surface area contributed by atoms with E-state index in [1.807, 2.05) is 19.9 Å². The maximum absolute atomic E-state index is 13.9. The third-order valence-electron chi connectivity index (χ3n) is 9.97. The highest BCUT2D eigenvalue weighted by atomic mass is 32.2. The number of phenols is 1. The fourth-order valence-corrected chi connectivity index (χ4v) is 7.50. The number of carbonyl (C=O) groups excluding carboxylic acids is 2. The van der Waals surface area contributed by atoms with Gasteiger partial charge < -0.3 is 29.2 Å². The van der Waals surface area contributed by atoms with E-state index in [0.717, 1.165) is 24.6 Å². The number of phenolic OH excluding ortho intramolecular Hbond substituents is 1. The molecule has 0 saturated carbocycles. The molecule has 2 N–H and O–H groups in total. The SMILES string of the molecule is CCCCCCCCCCCCCCOc1ccccc1NC(=O)c1cc(Oc2ccc([N+](=O)[O-])cc2CN(C(=O)Sc2nnc(C)o2)C(C)C)c2ccccc2c1O. The minimum atomic E-state index is -0.590. The first-order valence-corrected chi connectivity index (χ1v) is 21.4. The van der Waals surface area contributed by atoms with Gasteiger partial charge in [-0.25, -0.2) is 0 Å². The smallest absolute Gasteiger partial charge is 0.291 e. The number of anilines is 1. The third-order valence-corrected chi connectivity index (χ3v) is 10.7. The molecule has 1 aromatic heterocycles. The van der Waals surface area contributed by atoms with Crippen LogP contribution in [-0.2, 0) is 6.54 Å². The Bertz CT molecular complexity index is 2170. The zero-order chi connectivity index (χ0) is 42.1. The van der Waals surface area contributed by atoms with Crippen LogP contribution >= 0.6 is 11.8 Å². The highest BCUT2D eigenvalue weighted by Crippen LogP contribution is 2.40. The molecular weight excluding hydrogens is 771 g/mol. The Kier molecular flexibility index (Phi) is 17.0. The van der Waals surface area contributed by atoms with Crippen LogP contribution in [0.5, 0.6) is 23.0 Å². The molecule has 0 aliphatic heterocycles. The Balaban J connectivity index is 1.29. The number of non-ortho nitro benzene ring substituents is 1. The number of nitrogens with zero attached hydrogens (tertiary/aromatic N) is 4. The van der Waals surface area contributed by atoms with Gasteiger partial charge in [-0.3, -0.25) is 19.7 Å². The zero-order valence-corrected chi connectivity index (χ0v) is 35.2. The summed E-state index contributed by atoms with van der Waals surface area (Å²) in [6, 6.07) is 19.3. The number of nitro benzene ring substituents is 1. The molecule has 0 atom stereocenters. The van der Waals surface area contributed by atoms with Crippen molar-refractivity contribution < 1.29 is 33.5 Å². The molecule has 0 spiro atoms. The van der Waals surface area contributed by atoms with E-state index >= 15 is 0 Å². The molecule has 2 amide bonds. The van der Waals surface area contributed by atoms with E-state index in [0.29, 0.717) is 40.3 Å². The van der Waals surface area contributed by atoms with Crippen molar-refractivity contribution in [3.63, 3.8) is 0 Å². The maximum atomic E-state index is 13.9. The number of hydrogen-bond acceptors (Lipinski definition) is 11. The molecule has 13 nitrogen and oxygen atoms in total. The van der Waals surface area contributed by atoms with Gasteiger partial charge in [0.15, 0.2) is 0 Å². The van der Waals surface area contributed by atoms with E-state index in [1.54, 1.807) is 49.4 Å². The molecule has 4 aromatic carbocycles. The fraction of sp³-hybridized carbons (Fsp3) is 0.422. The van der Waals surface area contributed by atoms with Crippen LogP contribution in [0.3, 0.4) is 0 Å². The number of aromatic nitrogens is 2. The third kappa shape index (κ3) is 12.9. The predicted molar refractivity (Wildman–Crippen MR) is 231 cm³/mol. The summed E-state index contributed by atoms with van der Waals surface area (Å²) in [5, 5.41) is 34.4. The summed E-state index contributed by atoms with van der Waals surface area (Å²) in [7, 11) is 0. The van der Waals surface area contributed by atoms with E-state index in [9.17, 15) is 24.8 Å². The van der Waals surface area contributed by atoms with Crippen LogP contribution < -0.4 is 14.8 Å². The lowest BCUT2D eigenvalue weighted by Crippen LogP contribution is -2.33. The average Bonchev–Trinajstić information content (AvgIpc) is 3.64. The van der Waals surface area contributed by atoms with Gasteiger partial charge >= 0.3 is 0 Å². The fourth-order valence-electron chi connectivity index (χ4n) is 6.71. The number of carbonyl (C=O) groups is 2. The minimum absolute atomic E-state index is 0.0526. The zero-order valence-electron chi connectivity index (χ0n) is 34.4. The van der Waals surface area contributed by atoms with E-state index in [1.165, 1.54) is 93.4 Å². The lowest BCUT2D eigenvalue weighted by Gasteiger charge is -2.26. The van der Waals surface area contributed by atoms with Gasteiger partial charge in [-0.15, -0.1) is 10.2 Å². The van der Waals surface area contributed by atoms with Crippen molar-refractivity contribution in [3.05, 3.63) is 99.9 Å². The normalized spacial score (nSPS) is 11.2. The van der Waals surface area contributed by atoms with Crippen molar-refractivity contribution in [1.29, 1.82) is 0 Å². The number of fused-ring (bicyclic) bond motifs is 1. The van der Waals surface area contributed by atoms with Crippen molar-refractivity contribution in [2.24, 2.45) is 0 Å². The lowest BCUT2D eigenvalue weighted by atomic mass is 10.0. The standard InChI is InChI=1S/C45H55N5O8S/c1-5-6-7-8-9-10-11-12-13-14-15-20-27-56-40-24-19-18-23-38(40)46-43(52)37-29-41(35-21-16-17-22-36(35)42(37)51)58-39-26-25-34(50(54)55)28-33(39)30-49(31(2)3)45(53)59-44-48-47-32(4)57-44/h16-19,21-26,28-29,31,51H,5-15,20,27,30H2,1-4H3,(H,46,52). The molecule has 0 saturated heterocycles. The first-order valence-electron chi connectivity index (χ1n) is 20.6. The summed E-state index contributed by atoms with van der Waals surface area (Å²) < 4.78 is 18.0. The highest BCUT2D eigenvalue weighted by Gasteiger charge is 2.26. The molecule has 59 heavy (non-hydrogen) atoms. The van der Waals surface area contributed by atoms with Crippen molar-refractivity contribution in [3.8, 4) is 23.0 Å². The Morgan fingerprint density at radius 2 is 1.49 bits per heavy atom. The molecule has 0 aliphatic rings. The van der Waals surface area contributed by atoms with Gasteiger partial charge in [-0.05, 0) is 44.5 Å². The number of ether oxygens (including phenoxy) is 2. The molecule has 0 fully saturated rings. The number of aromatic hydroxyl groups is 1. The summed E-state index contributed by atoms with van der Waals surface area (Å²) in [5.41, 5.74) is 0.546. The summed E-state index contributed by atoms with van der Waals surface area (Å²) in [5.74, 6) is 0.428. The van der Waals surface area contributed by atoms with Gasteiger partial charge in [0.2, 0.25) is 5.89 Å². The first kappa shape index (κ1) is 44.5. The average molecular weight is 826 g/mol. The Morgan fingerprint density at radius 1 is 0.847 bits per heavy atom. The number of nitro groups is 1. The van der Waals surface area contributed by atoms with Crippen LogP contribution in [0.1, 0.15) is 120 Å². The van der Waals surface area contributed by atoms with Crippen molar-refractivity contribution in [2.45, 2.75) is 123 Å². The van der Waals surface area contributed by atoms with Crippen molar-refractivity contribution >= 4 is 45.1 Å². The largest absolute Gasteiger partial charge is 0.506 e. The highest BCUT2D eigenvalue weighted by molar-refractivity contribution is 8.13. The molecule has 0 bridgehead atoms. The Morgan fingerprint density at radius 3 is 2.14 bits per heavy atom. The maximum Gasteiger partial charge on any atom is 0.291 e. The second-order valence-corrected chi connectivity index (χ2v) is 15.7. The molecule has 0 unspecified atom stereocenters. The van der Waals surface area contributed by atoms with Gasteiger partial charge in [0.05, 0.1) is 29.3 Å². The van der Waals surface area contributed by atoms with Crippen LogP contribution in [0.4, 0.5) is 16.2 Å². The molecular formula is C45H55N5O8S. The first-order chi connectivity index (χ1) is 28.5. The quantitative estimate of drug-likeness (QED) is 0.0278. The lowest BCUT2D eigenvalue weighted by molar-refractivity contribution is -0.384. The number of hydrogen-bond donors (Lipinski definition) is 2. The van der Waals surface area contributed by atoms with Gasteiger partial charge in [0, 0.05) is 53.2 Å². The number of thioether (sulfide) groups is 1. The van der Waals surface area contributed by atoms with E-state index in [4.69, 9.17) is 13.9 Å². The molecule has 5 aromatic rings. The summed E-state index contributed by atoms with van der Waals surface area (Å²) in [6.45, 7) is 7.94. The van der Waals surface area contributed by atoms with Crippen LogP contribution in [-0.4, -0.2) is 48.9 Å². The number of unbranched alkanes of at least 4 members (excludes halogenated alkanes) is 11. The summed E-state index contributed by atoms with van der Waals surface area (Å²) in [6.07, 6.45) is 14.9. The Labute approximate surface area is 350 Å². The molecule has 0 radical (unpaired) electrons. The number of amides is 2. The number of rotatable bonds is 23. The van der Waals surface area contributed by atoms with E-state index in [-0.39, 0.29) is 46.3 Å². The van der Waals surface area contributed by atoms with Gasteiger partial charge in [0.25, 0.3) is 22.1 Å². The molecule has 5 rings (SSSR count). The van der Waals surface area contributed by atoms with Crippen LogP contribution in [0.25, 0.3) is 10.8 Å². The Hall–Kier alpha value is -5.63. The number of para-hydroxylation sites is 2. The van der Waals surface area contributed by atoms with Gasteiger partial charge in [-0.1, -0.05) is 114 Å². The van der Waals surface area contributed by atoms with E-state index in [2.05, 4.69) is 22.4 Å². The summed E-state index contributed by atoms with van der Waals surface area (Å²) >= 11 is 0.753. The van der Waals surface area contributed by atoms with Crippen molar-refractivity contribution in [1.82, 2.24) is 15.1 Å². The second kappa shape index (κ2) is 22.5. The van der Waals surface area contributed by atoms with Crippen molar-refractivity contribution in [2.75, 3.05) is 11.9 Å². The van der Waals surface area contributed by atoms with E-state index < -0.39 is 16.1 Å². The topological polar surface area (TPSA) is 170 Å². The number of nitrogens with one attached hydrogen (secondary N) is 1. The monoisotopic (exact) mass is 825 g/mol. The molecule has 1 heterocycles. The van der Waals surface area contributed by atoms with Crippen LogP contribution in [0.2, 0.25) is 0 Å². The molecule has 14 heteroatoms. The predicted octanol–water partition coefficient (Wildman–Crippen LogP) is 12.4. The number of benzene rings is 4. The summed E-state index contributed by atoms with van der Waals surface area (Å²) in [4.78, 5) is 40.2. The van der Waals surface area contributed by atoms with Crippen LogP contribution in [0, 0.1) is 17.0 Å².